The van der Waals surface area contributed by atoms with Crippen molar-refractivity contribution in [3.8, 4) is 22.8 Å². The molecule has 0 bridgehead atoms. The van der Waals surface area contributed by atoms with Crippen molar-refractivity contribution in [2.75, 3.05) is 13.7 Å². The SMILES string of the molecule is COc1cc(C(=O)NNC(=O)NCc2ccc(-c3cc(Cl)cc(Cl)c3OCC(F)F)cc2)on1. The van der Waals surface area contributed by atoms with Crippen molar-refractivity contribution in [3.63, 3.8) is 0 Å². The minimum absolute atomic E-state index is 0.0942. The molecule has 9 nitrogen and oxygen atoms in total. The minimum atomic E-state index is -2.66. The van der Waals surface area contributed by atoms with Crippen LogP contribution < -0.4 is 25.6 Å². The number of benzene rings is 2. The maximum absolute atomic E-state index is 12.6. The van der Waals surface area contributed by atoms with Gasteiger partial charge in [0.1, 0.15) is 12.4 Å². The second-order valence-corrected chi connectivity index (χ2v) is 7.50. The van der Waals surface area contributed by atoms with Crippen LogP contribution in [0.2, 0.25) is 10.0 Å². The zero-order valence-electron chi connectivity index (χ0n) is 17.5. The predicted octanol–water partition coefficient (Wildman–Crippen LogP) is 4.45. The standard InChI is InChI=1S/C21H18Cl2F2N4O5/c1-32-18-8-16(34-29-18)20(30)27-28-21(31)26-9-11-2-4-12(5-3-11)14-6-13(22)7-15(23)19(14)33-10-17(24)25/h2-8,17H,9-10H2,1H3,(H,27,30)(H2,26,28,31). The summed E-state index contributed by atoms with van der Waals surface area (Å²) in [5.41, 5.74) is 6.11. The first-order valence-corrected chi connectivity index (χ1v) is 10.4. The van der Waals surface area contributed by atoms with E-state index in [0.717, 1.165) is 0 Å². The summed E-state index contributed by atoms with van der Waals surface area (Å²) < 4.78 is 39.9. The monoisotopic (exact) mass is 514 g/mol. The van der Waals surface area contributed by atoms with Gasteiger partial charge in [0.25, 0.3) is 12.3 Å². The third-order valence-electron chi connectivity index (χ3n) is 4.29. The molecule has 2 aromatic carbocycles. The lowest BCUT2D eigenvalue weighted by Gasteiger charge is -2.14. The first-order valence-electron chi connectivity index (χ1n) is 9.61. The number of hydrogen-bond acceptors (Lipinski definition) is 6. The number of nitrogens with zero attached hydrogens (tertiary/aromatic N) is 1. The van der Waals surface area contributed by atoms with Crippen LogP contribution in [0.5, 0.6) is 11.6 Å². The van der Waals surface area contributed by atoms with Gasteiger partial charge in [-0.3, -0.25) is 10.2 Å². The molecule has 0 saturated heterocycles. The fourth-order valence-electron chi connectivity index (χ4n) is 2.73. The van der Waals surface area contributed by atoms with Crippen LogP contribution in [0.25, 0.3) is 11.1 Å². The number of alkyl halides is 2. The van der Waals surface area contributed by atoms with Crippen molar-refractivity contribution < 1.29 is 32.4 Å². The van der Waals surface area contributed by atoms with Crippen LogP contribution in [0.3, 0.4) is 0 Å². The number of carbonyl (C=O) groups is 2. The summed E-state index contributed by atoms with van der Waals surface area (Å²) in [7, 11) is 1.36. The Hall–Kier alpha value is -3.57. The number of carbonyl (C=O) groups excluding carboxylic acids is 2. The van der Waals surface area contributed by atoms with Gasteiger partial charge in [-0.15, -0.1) is 0 Å². The predicted molar refractivity (Wildman–Crippen MR) is 119 cm³/mol. The van der Waals surface area contributed by atoms with Crippen molar-refractivity contribution in [1.82, 2.24) is 21.3 Å². The van der Waals surface area contributed by atoms with Gasteiger partial charge in [0.05, 0.1) is 18.2 Å². The zero-order chi connectivity index (χ0) is 24.7. The molecule has 1 aromatic heterocycles. The van der Waals surface area contributed by atoms with Crippen LogP contribution in [0.4, 0.5) is 13.6 Å². The Bertz CT molecular complexity index is 1160. The number of urea groups is 1. The molecule has 0 unspecified atom stereocenters. The first-order chi connectivity index (χ1) is 16.3. The van der Waals surface area contributed by atoms with Crippen molar-refractivity contribution in [3.05, 3.63) is 63.8 Å². The quantitative estimate of drug-likeness (QED) is 0.382. The van der Waals surface area contributed by atoms with E-state index < -0.39 is 25.0 Å². The lowest BCUT2D eigenvalue weighted by molar-refractivity contribution is 0.0822. The molecule has 1 heterocycles. The van der Waals surface area contributed by atoms with Gasteiger partial charge < -0.3 is 19.3 Å². The minimum Gasteiger partial charge on any atom is -0.485 e. The lowest BCUT2D eigenvalue weighted by Crippen LogP contribution is -2.46. The molecule has 0 atom stereocenters. The number of methoxy groups -OCH3 is 1. The Balaban J connectivity index is 1.58. The van der Waals surface area contributed by atoms with Crippen molar-refractivity contribution >= 4 is 35.1 Å². The normalized spacial score (nSPS) is 10.6. The van der Waals surface area contributed by atoms with Gasteiger partial charge in [-0.2, -0.15) is 0 Å². The maximum atomic E-state index is 12.6. The van der Waals surface area contributed by atoms with E-state index in [-0.39, 0.29) is 29.0 Å². The molecule has 180 valence electrons. The fourth-order valence-corrected chi connectivity index (χ4v) is 3.28. The van der Waals surface area contributed by atoms with Crippen molar-refractivity contribution in [2.24, 2.45) is 0 Å². The smallest absolute Gasteiger partial charge is 0.333 e. The highest BCUT2D eigenvalue weighted by Crippen LogP contribution is 2.39. The number of halogens is 4. The Labute approximate surface area is 202 Å². The average Bonchev–Trinajstić information content (AvgIpc) is 3.30. The van der Waals surface area contributed by atoms with E-state index in [1.807, 2.05) is 0 Å². The maximum Gasteiger partial charge on any atom is 0.333 e. The number of hydrazine groups is 1. The molecular weight excluding hydrogens is 497 g/mol. The number of aromatic nitrogens is 1. The van der Waals surface area contributed by atoms with Crippen LogP contribution in [0.1, 0.15) is 16.1 Å². The van der Waals surface area contributed by atoms with E-state index in [1.165, 1.54) is 19.2 Å². The van der Waals surface area contributed by atoms with Crippen LogP contribution in [0.15, 0.2) is 47.0 Å². The largest absolute Gasteiger partial charge is 0.485 e. The van der Waals surface area contributed by atoms with Gasteiger partial charge in [-0.05, 0) is 28.4 Å². The second kappa shape index (κ2) is 11.5. The van der Waals surface area contributed by atoms with Crippen LogP contribution in [-0.2, 0) is 6.54 Å². The summed E-state index contributed by atoms with van der Waals surface area (Å²) in [4.78, 5) is 23.8. The Morgan fingerprint density at radius 3 is 2.50 bits per heavy atom. The molecule has 0 aliphatic rings. The summed E-state index contributed by atoms with van der Waals surface area (Å²) in [5.74, 6) is -0.659. The number of amides is 3. The van der Waals surface area contributed by atoms with E-state index in [4.69, 9.17) is 37.2 Å². The summed E-state index contributed by atoms with van der Waals surface area (Å²) in [6, 6.07) is 10.4. The van der Waals surface area contributed by atoms with Crippen LogP contribution in [0, 0.1) is 0 Å². The van der Waals surface area contributed by atoms with Crippen LogP contribution >= 0.6 is 23.2 Å². The summed E-state index contributed by atoms with van der Waals surface area (Å²) >= 11 is 12.2. The highest BCUT2D eigenvalue weighted by Gasteiger charge is 2.16. The van der Waals surface area contributed by atoms with Gasteiger partial charge in [0, 0.05) is 17.1 Å². The van der Waals surface area contributed by atoms with Gasteiger partial charge in [0.2, 0.25) is 5.76 Å². The molecule has 3 rings (SSSR count). The Morgan fingerprint density at radius 1 is 1.12 bits per heavy atom. The van der Waals surface area contributed by atoms with Gasteiger partial charge in [0.15, 0.2) is 0 Å². The molecule has 3 aromatic rings. The fraction of sp³-hybridized carbons (Fsp3) is 0.190. The summed E-state index contributed by atoms with van der Waals surface area (Å²) in [5, 5.41) is 6.46. The van der Waals surface area contributed by atoms with Gasteiger partial charge >= 0.3 is 11.9 Å². The molecule has 3 N–H and O–H groups in total. The highest BCUT2D eigenvalue weighted by molar-refractivity contribution is 6.36. The second-order valence-electron chi connectivity index (χ2n) is 6.66. The van der Waals surface area contributed by atoms with E-state index in [0.29, 0.717) is 21.7 Å². The molecule has 0 aliphatic carbocycles. The Kier molecular flexibility index (Phi) is 8.50. The zero-order valence-corrected chi connectivity index (χ0v) is 19.0. The highest BCUT2D eigenvalue weighted by atomic mass is 35.5. The summed E-state index contributed by atoms with van der Waals surface area (Å²) in [6.07, 6.45) is -2.66. The third kappa shape index (κ3) is 6.72. The molecule has 0 saturated carbocycles. The van der Waals surface area contributed by atoms with E-state index in [1.54, 1.807) is 30.3 Å². The molecule has 3 amide bonds. The molecule has 0 spiro atoms. The van der Waals surface area contributed by atoms with Crippen molar-refractivity contribution in [1.29, 1.82) is 0 Å². The van der Waals surface area contributed by atoms with E-state index in [2.05, 4.69) is 21.3 Å². The molecule has 13 heteroatoms. The topological polar surface area (TPSA) is 115 Å². The first kappa shape index (κ1) is 25.1. The molecule has 34 heavy (non-hydrogen) atoms. The summed E-state index contributed by atoms with van der Waals surface area (Å²) in [6.45, 7) is -0.685. The average molecular weight is 515 g/mol. The number of nitrogens with one attached hydrogen (secondary N) is 3. The molecule has 0 fully saturated rings. The third-order valence-corrected chi connectivity index (χ3v) is 4.79. The number of rotatable bonds is 8. The lowest BCUT2D eigenvalue weighted by atomic mass is 10.0. The van der Waals surface area contributed by atoms with E-state index in [9.17, 15) is 18.4 Å². The molecule has 0 radical (unpaired) electrons. The molecular formula is C21H18Cl2F2N4O5. The number of ether oxygens (including phenoxy) is 2. The molecule has 0 aliphatic heterocycles. The van der Waals surface area contributed by atoms with Gasteiger partial charge in [-0.25, -0.2) is 19.0 Å². The Morgan fingerprint density at radius 2 is 1.85 bits per heavy atom. The van der Waals surface area contributed by atoms with Crippen LogP contribution in [-0.4, -0.2) is 37.2 Å². The van der Waals surface area contributed by atoms with E-state index >= 15 is 0 Å². The van der Waals surface area contributed by atoms with Crippen molar-refractivity contribution in [2.45, 2.75) is 13.0 Å². The number of hydrogen-bond donors (Lipinski definition) is 3. The van der Waals surface area contributed by atoms with Gasteiger partial charge in [-0.1, -0.05) is 47.5 Å².